The summed E-state index contributed by atoms with van der Waals surface area (Å²) >= 11 is 0. The van der Waals surface area contributed by atoms with Gasteiger partial charge in [0.2, 0.25) is 35.4 Å². The molecule has 0 heterocycles. The van der Waals surface area contributed by atoms with E-state index < -0.39 is 53.8 Å². The molecule has 16 nitrogen and oxygen atoms in total. The fraction of sp³-hybridized carbons (Fsp3) is 0.544. The molecule has 3 rings (SSSR count). The Morgan fingerprint density at radius 1 is 0.397 bits per heavy atom. The molecule has 0 radical (unpaired) electrons. The Kier molecular flexibility index (Phi) is 26.2. The van der Waals surface area contributed by atoms with Crippen molar-refractivity contribution in [2.24, 2.45) is 23.7 Å². The first-order valence-corrected chi connectivity index (χ1v) is 26.0. The van der Waals surface area contributed by atoms with E-state index >= 15 is 0 Å². The van der Waals surface area contributed by atoms with Crippen molar-refractivity contribution >= 4 is 47.0 Å². The van der Waals surface area contributed by atoms with Gasteiger partial charge in [-0.05, 0) is 53.4 Å². The lowest BCUT2D eigenvalue weighted by molar-refractivity contribution is -0.134. The molecule has 0 fully saturated rings. The second kappa shape index (κ2) is 31.4. The van der Waals surface area contributed by atoms with Gasteiger partial charge >= 0.3 is 0 Å². The Balaban J connectivity index is 1.95. The van der Waals surface area contributed by atoms with E-state index in [1.54, 1.807) is 27.7 Å². The number of rotatable bonds is 32. The van der Waals surface area contributed by atoms with Gasteiger partial charge in [-0.3, -0.25) is 38.4 Å². The van der Waals surface area contributed by atoms with E-state index in [9.17, 15) is 38.4 Å². The Hall–Kier alpha value is -6.26. The zero-order valence-corrected chi connectivity index (χ0v) is 45.1. The number of nitrogens with one attached hydrogen (secondary N) is 8. The van der Waals surface area contributed by atoms with Gasteiger partial charge < -0.3 is 42.5 Å². The van der Waals surface area contributed by atoms with Crippen molar-refractivity contribution in [1.29, 1.82) is 0 Å². The minimum Gasteiger partial charge on any atom is -0.347 e. The van der Waals surface area contributed by atoms with Crippen LogP contribution in [0.1, 0.15) is 111 Å². The first-order chi connectivity index (χ1) is 34.5. The summed E-state index contributed by atoms with van der Waals surface area (Å²) in [6.45, 7) is 20.3. The first-order valence-electron chi connectivity index (χ1n) is 26.0. The lowest BCUT2D eigenvalue weighted by Gasteiger charge is -2.27. The molecule has 1 unspecified atom stereocenters. The van der Waals surface area contributed by atoms with Crippen LogP contribution in [0.15, 0.2) is 84.9 Å². The summed E-state index contributed by atoms with van der Waals surface area (Å²) in [7, 11) is 0. The predicted molar refractivity (Wildman–Crippen MR) is 286 cm³/mol. The van der Waals surface area contributed by atoms with E-state index in [4.69, 9.17) is 0 Å². The molecule has 400 valence electrons. The van der Waals surface area contributed by atoms with Gasteiger partial charge in [0.05, 0.1) is 25.7 Å². The Bertz CT molecular complexity index is 2250. The normalized spacial score (nSPS) is 13.9. The van der Waals surface area contributed by atoms with Gasteiger partial charge in [0.1, 0.15) is 24.2 Å². The van der Waals surface area contributed by atoms with Gasteiger partial charge in [-0.15, -0.1) is 0 Å². The molecular formula is C57H84N8O8. The lowest BCUT2D eigenvalue weighted by atomic mass is 9.91. The Labute approximate surface area is 433 Å². The zero-order chi connectivity index (χ0) is 54.2. The van der Waals surface area contributed by atoms with Crippen molar-refractivity contribution in [1.82, 2.24) is 42.5 Å². The quantitative estimate of drug-likeness (QED) is 0.0442. The molecule has 16 heteroatoms. The Morgan fingerprint density at radius 3 is 1.25 bits per heavy atom. The third-order valence-electron chi connectivity index (χ3n) is 12.1. The van der Waals surface area contributed by atoms with E-state index in [-0.39, 0.29) is 104 Å². The van der Waals surface area contributed by atoms with Crippen molar-refractivity contribution in [2.45, 2.75) is 157 Å². The fourth-order valence-electron chi connectivity index (χ4n) is 8.09. The zero-order valence-electron chi connectivity index (χ0n) is 45.1. The number of Topliss-reactive ketones (excluding diaryl/α,β-unsaturated/α-hetero) is 2. The maximum Gasteiger partial charge on any atom is 0.243 e. The summed E-state index contributed by atoms with van der Waals surface area (Å²) in [6.07, 6.45) is 1.38. The van der Waals surface area contributed by atoms with Crippen LogP contribution in [0.2, 0.25) is 0 Å². The average Bonchev–Trinajstić information content (AvgIpc) is 3.33. The topological polar surface area (TPSA) is 233 Å². The minimum atomic E-state index is -1.15. The fourth-order valence-corrected chi connectivity index (χ4v) is 8.09. The van der Waals surface area contributed by atoms with Crippen LogP contribution in [-0.2, 0) is 64.0 Å². The monoisotopic (exact) mass is 1010 g/mol. The van der Waals surface area contributed by atoms with Crippen LogP contribution in [-0.4, -0.2) is 109 Å². The molecule has 0 saturated carbocycles. The predicted octanol–water partition coefficient (Wildman–Crippen LogP) is 4.32. The van der Waals surface area contributed by atoms with Crippen molar-refractivity contribution in [3.05, 3.63) is 107 Å². The number of hydrogen-bond donors (Lipinski definition) is 8. The molecule has 3 aromatic rings. The number of benzene rings is 3. The van der Waals surface area contributed by atoms with Crippen LogP contribution in [0, 0.1) is 23.7 Å². The summed E-state index contributed by atoms with van der Waals surface area (Å²) in [5.74, 6) is -4.08. The summed E-state index contributed by atoms with van der Waals surface area (Å²) in [5, 5.41) is 23.3. The molecule has 6 amide bonds. The highest BCUT2D eigenvalue weighted by Crippen LogP contribution is 2.19. The molecule has 0 aliphatic rings. The maximum absolute atomic E-state index is 14.4. The van der Waals surface area contributed by atoms with Crippen molar-refractivity contribution < 1.29 is 38.4 Å². The molecule has 0 spiro atoms. The third-order valence-corrected chi connectivity index (χ3v) is 12.1. The molecule has 0 aliphatic heterocycles. The van der Waals surface area contributed by atoms with E-state index in [1.807, 2.05) is 133 Å². The van der Waals surface area contributed by atoms with Crippen LogP contribution in [0.3, 0.4) is 0 Å². The van der Waals surface area contributed by atoms with Crippen molar-refractivity contribution in [2.75, 3.05) is 19.6 Å². The van der Waals surface area contributed by atoms with Crippen LogP contribution in [0.4, 0.5) is 0 Å². The van der Waals surface area contributed by atoms with Crippen molar-refractivity contribution in [3.8, 4) is 0 Å². The minimum absolute atomic E-state index is 0.00864. The van der Waals surface area contributed by atoms with E-state index in [0.717, 1.165) is 16.7 Å². The van der Waals surface area contributed by atoms with Crippen LogP contribution in [0.5, 0.6) is 0 Å². The standard InChI is InChI=1S/C57H84N8O8/c1-35(2)25-45(53(69)37(5)6)63-57(73)49(65-56(72)48(30-42-21-16-13-17-22-42)62-52(68)34-59-39(9)10)31-44-24-18-23-43(28-44)26-40(11)27-46(54(70)60-32-50(66)36(3)4)64-55(71)47(29-41-19-14-12-15-20-41)61-51(67)33-58-38(7)8/h12-24,28,35-40,45-49,58-59H,25-27,29-34H2,1-11H3,(H,60,70)(H,61,67)(H,62,68)(H,63,73)(H,64,71)(H,65,72)/t40?,45-,46-,47-,48-,49-/m0/s1. The lowest BCUT2D eigenvalue weighted by Crippen LogP contribution is -2.57. The van der Waals surface area contributed by atoms with Crippen LogP contribution in [0.25, 0.3) is 0 Å². The van der Waals surface area contributed by atoms with Gasteiger partial charge in [0.15, 0.2) is 11.6 Å². The molecule has 0 bridgehead atoms. The maximum atomic E-state index is 14.4. The van der Waals surface area contributed by atoms with Gasteiger partial charge in [0.25, 0.3) is 0 Å². The highest BCUT2D eigenvalue weighted by atomic mass is 16.2. The van der Waals surface area contributed by atoms with E-state index in [0.29, 0.717) is 18.4 Å². The summed E-state index contributed by atoms with van der Waals surface area (Å²) in [4.78, 5) is 109. The molecular weight excluding hydrogens is 925 g/mol. The van der Waals surface area contributed by atoms with E-state index in [2.05, 4.69) is 42.5 Å². The van der Waals surface area contributed by atoms with Crippen molar-refractivity contribution in [3.63, 3.8) is 0 Å². The van der Waals surface area contributed by atoms with Crippen LogP contribution >= 0.6 is 0 Å². The molecule has 0 aliphatic carbocycles. The molecule has 8 N–H and O–H groups in total. The smallest absolute Gasteiger partial charge is 0.243 e. The van der Waals surface area contributed by atoms with Gasteiger partial charge in [-0.1, -0.05) is 161 Å². The SMILES string of the molecule is CC(C)C[C@H](NC(=O)[C@H](Cc1cccc(CC(C)C[C@H](NC(=O)[C@H](Cc2ccccc2)NC(=O)CNC(C)C)C(=O)NCC(=O)C(C)C)c1)NC(=O)[C@H](Cc1ccccc1)NC(=O)CNC(C)C)C(=O)C(C)C. The van der Waals surface area contributed by atoms with E-state index in [1.165, 1.54) is 0 Å². The highest BCUT2D eigenvalue weighted by Gasteiger charge is 2.32. The number of carbonyl (C=O) groups is 8. The number of carbonyl (C=O) groups excluding carboxylic acids is 8. The second-order valence-corrected chi connectivity index (χ2v) is 21.0. The third kappa shape index (κ3) is 23.4. The Morgan fingerprint density at radius 2 is 0.808 bits per heavy atom. The van der Waals surface area contributed by atoms with Gasteiger partial charge in [-0.25, -0.2) is 0 Å². The largest absolute Gasteiger partial charge is 0.347 e. The van der Waals surface area contributed by atoms with Gasteiger partial charge in [-0.2, -0.15) is 0 Å². The molecule has 6 atom stereocenters. The molecule has 3 aromatic carbocycles. The summed E-state index contributed by atoms with van der Waals surface area (Å²) in [5.41, 5.74) is 3.16. The molecule has 0 saturated heterocycles. The van der Waals surface area contributed by atoms with Gasteiger partial charge in [0, 0.05) is 43.2 Å². The van der Waals surface area contributed by atoms with Crippen LogP contribution < -0.4 is 42.5 Å². The first kappa shape index (κ1) is 61.0. The molecule has 73 heavy (non-hydrogen) atoms. The summed E-state index contributed by atoms with van der Waals surface area (Å²) < 4.78 is 0. The summed E-state index contributed by atoms with van der Waals surface area (Å²) in [6, 6.07) is 21.0. The number of ketones is 2. The second-order valence-electron chi connectivity index (χ2n) is 21.0. The molecule has 0 aromatic heterocycles. The number of hydrogen-bond acceptors (Lipinski definition) is 10. The highest BCUT2D eigenvalue weighted by molar-refractivity contribution is 5.96. The number of amides is 6. The average molecular weight is 1010 g/mol.